The van der Waals surface area contributed by atoms with Crippen LogP contribution in [0.15, 0.2) is 53.7 Å². The van der Waals surface area contributed by atoms with Gasteiger partial charge in [0.1, 0.15) is 18.2 Å². The first-order chi connectivity index (χ1) is 11.6. The summed E-state index contributed by atoms with van der Waals surface area (Å²) < 4.78 is 14.1. The first-order valence-electron chi connectivity index (χ1n) is 7.92. The molecule has 1 N–H and O–H groups in total. The molecule has 0 aromatic heterocycles. The molecule has 128 valence electrons. The van der Waals surface area contributed by atoms with Crippen molar-refractivity contribution in [2.24, 2.45) is 5.16 Å². The monoisotopic (exact) mass is 330 g/mol. The third-order valence-electron chi connectivity index (χ3n) is 3.58. The van der Waals surface area contributed by atoms with Gasteiger partial charge in [0.2, 0.25) is 0 Å². The fraction of sp³-hybridized carbons (Fsp3) is 0.316. The van der Waals surface area contributed by atoms with E-state index in [1.54, 1.807) is 30.3 Å². The third-order valence-corrected chi connectivity index (χ3v) is 3.58. The van der Waals surface area contributed by atoms with E-state index < -0.39 is 0 Å². The normalized spacial score (nSPS) is 11.8. The van der Waals surface area contributed by atoms with Gasteiger partial charge >= 0.3 is 0 Å². The van der Waals surface area contributed by atoms with Crippen LogP contribution in [0.2, 0.25) is 0 Å². The quantitative estimate of drug-likeness (QED) is 0.458. The largest absolute Gasteiger partial charge is 0.508 e. The molecule has 0 amide bonds. The summed E-state index contributed by atoms with van der Waals surface area (Å²) in [5, 5.41) is 13.5. The van der Waals surface area contributed by atoms with E-state index in [1.807, 2.05) is 31.1 Å². The maximum atomic E-state index is 14.1. The number of phenolic OH excluding ortho intramolecular Hbond substituents is 1. The molecule has 0 saturated heterocycles. The zero-order valence-electron chi connectivity index (χ0n) is 14.1. The van der Waals surface area contributed by atoms with Crippen molar-refractivity contribution in [2.45, 2.75) is 12.8 Å². The molecule has 0 heterocycles. The molecule has 0 radical (unpaired) electrons. The molecule has 0 bridgehead atoms. The van der Waals surface area contributed by atoms with Gasteiger partial charge in [0.15, 0.2) is 0 Å². The van der Waals surface area contributed by atoms with E-state index in [1.165, 1.54) is 6.07 Å². The highest BCUT2D eigenvalue weighted by Crippen LogP contribution is 2.15. The standard InChI is InChI=1S/C19H23FN2O2/c1-22(2)13-14-24-21-19(17-5-3-4-6-18(17)20)12-9-15-7-10-16(23)11-8-15/h3-8,10-11,23H,9,12-14H2,1-2H3. The van der Waals surface area contributed by atoms with Gasteiger partial charge in [-0.15, -0.1) is 0 Å². The van der Waals surface area contributed by atoms with Crippen LogP contribution in [0, 0.1) is 5.82 Å². The Morgan fingerprint density at radius 3 is 2.50 bits per heavy atom. The number of hydrogen-bond acceptors (Lipinski definition) is 4. The van der Waals surface area contributed by atoms with E-state index in [4.69, 9.17) is 4.84 Å². The van der Waals surface area contributed by atoms with Gasteiger partial charge in [-0.3, -0.25) is 0 Å². The molecular weight excluding hydrogens is 307 g/mol. The van der Waals surface area contributed by atoms with Gasteiger partial charge in [0.05, 0.1) is 5.71 Å². The number of rotatable bonds is 8. The minimum atomic E-state index is -0.307. The highest BCUT2D eigenvalue weighted by atomic mass is 19.1. The lowest BCUT2D eigenvalue weighted by molar-refractivity contribution is 0.125. The third kappa shape index (κ3) is 5.66. The number of hydrogen-bond donors (Lipinski definition) is 1. The summed E-state index contributed by atoms with van der Waals surface area (Å²) in [4.78, 5) is 7.36. The first-order valence-corrected chi connectivity index (χ1v) is 7.92. The van der Waals surface area contributed by atoms with Crippen molar-refractivity contribution in [1.82, 2.24) is 4.90 Å². The summed E-state index contributed by atoms with van der Waals surface area (Å²) in [5.74, 6) is -0.0769. The highest BCUT2D eigenvalue weighted by molar-refractivity contribution is 6.00. The topological polar surface area (TPSA) is 45.1 Å². The highest BCUT2D eigenvalue weighted by Gasteiger charge is 2.10. The van der Waals surface area contributed by atoms with Crippen LogP contribution in [0.25, 0.3) is 0 Å². The first kappa shape index (κ1) is 17.9. The summed E-state index contributed by atoms with van der Waals surface area (Å²) in [6, 6.07) is 13.6. The fourth-order valence-corrected chi connectivity index (χ4v) is 2.20. The van der Waals surface area contributed by atoms with Crippen LogP contribution in [-0.4, -0.2) is 43.0 Å². The number of aromatic hydroxyl groups is 1. The SMILES string of the molecule is CN(C)CCON=C(CCc1ccc(O)cc1)c1ccccc1F. The average Bonchev–Trinajstić information content (AvgIpc) is 2.56. The van der Waals surface area contributed by atoms with Gasteiger partial charge in [-0.25, -0.2) is 4.39 Å². The van der Waals surface area contributed by atoms with Gasteiger partial charge in [-0.05, 0) is 50.7 Å². The number of nitrogens with zero attached hydrogens (tertiary/aromatic N) is 2. The van der Waals surface area contributed by atoms with E-state index in [0.717, 1.165) is 12.1 Å². The maximum absolute atomic E-state index is 14.1. The summed E-state index contributed by atoms with van der Waals surface area (Å²) in [6.07, 6.45) is 1.23. The van der Waals surface area contributed by atoms with E-state index in [0.29, 0.717) is 30.7 Å². The Morgan fingerprint density at radius 1 is 1.12 bits per heavy atom. The molecule has 0 unspecified atom stereocenters. The summed E-state index contributed by atoms with van der Waals surface area (Å²) >= 11 is 0. The predicted octanol–water partition coefficient (Wildman–Crippen LogP) is 3.45. The summed E-state index contributed by atoms with van der Waals surface area (Å²) in [6.45, 7) is 1.19. The van der Waals surface area contributed by atoms with Crippen molar-refractivity contribution in [1.29, 1.82) is 0 Å². The molecule has 2 aromatic rings. The fourth-order valence-electron chi connectivity index (χ4n) is 2.20. The van der Waals surface area contributed by atoms with Gasteiger partial charge in [-0.1, -0.05) is 35.5 Å². The van der Waals surface area contributed by atoms with Crippen LogP contribution in [-0.2, 0) is 11.3 Å². The smallest absolute Gasteiger partial charge is 0.132 e. The van der Waals surface area contributed by atoms with Crippen molar-refractivity contribution < 1.29 is 14.3 Å². The Balaban J connectivity index is 2.08. The van der Waals surface area contributed by atoms with Crippen LogP contribution in [0.4, 0.5) is 4.39 Å². The van der Waals surface area contributed by atoms with Gasteiger partial charge in [-0.2, -0.15) is 0 Å². The molecule has 2 aromatic carbocycles. The van der Waals surface area contributed by atoms with Crippen molar-refractivity contribution in [3.05, 3.63) is 65.5 Å². The van der Waals surface area contributed by atoms with E-state index in [9.17, 15) is 9.50 Å². The zero-order valence-corrected chi connectivity index (χ0v) is 14.1. The molecule has 0 aliphatic heterocycles. The molecule has 24 heavy (non-hydrogen) atoms. The number of phenols is 1. The average molecular weight is 330 g/mol. The van der Waals surface area contributed by atoms with Crippen LogP contribution >= 0.6 is 0 Å². The van der Waals surface area contributed by atoms with Crippen LogP contribution in [0.1, 0.15) is 17.5 Å². The van der Waals surface area contributed by atoms with Crippen molar-refractivity contribution >= 4 is 5.71 Å². The Hall–Kier alpha value is -2.40. The van der Waals surface area contributed by atoms with Crippen LogP contribution < -0.4 is 0 Å². The maximum Gasteiger partial charge on any atom is 0.132 e. The predicted molar refractivity (Wildman–Crippen MR) is 93.9 cm³/mol. The van der Waals surface area contributed by atoms with E-state index >= 15 is 0 Å². The Kier molecular flexibility index (Phi) is 6.75. The molecule has 0 spiro atoms. The van der Waals surface area contributed by atoms with E-state index in [2.05, 4.69) is 5.16 Å². The van der Waals surface area contributed by atoms with Gasteiger partial charge < -0.3 is 14.8 Å². The number of benzene rings is 2. The molecule has 2 rings (SSSR count). The summed E-state index contributed by atoms with van der Waals surface area (Å²) in [7, 11) is 3.91. The van der Waals surface area contributed by atoms with Crippen LogP contribution in [0.5, 0.6) is 5.75 Å². The number of oxime groups is 1. The Labute approximate surface area is 142 Å². The Bertz CT molecular complexity index is 669. The van der Waals surface area contributed by atoms with Crippen molar-refractivity contribution in [3.8, 4) is 5.75 Å². The van der Waals surface area contributed by atoms with Gasteiger partial charge in [0, 0.05) is 12.1 Å². The Morgan fingerprint density at radius 2 is 1.83 bits per heavy atom. The number of halogens is 1. The number of likely N-dealkylation sites (N-methyl/N-ethyl adjacent to an activating group) is 1. The molecular formula is C19H23FN2O2. The van der Waals surface area contributed by atoms with Crippen molar-refractivity contribution in [3.63, 3.8) is 0 Å². The zero-order chi connectivity index (χ0) is 17.4. The minimum absolute atomic E-state index is 0.230. The number of aryl methyl sites for hydroxylation is 1. The molecule has 4 nitrogen and oxygen atoms in total. The van der Waals surface area contributed by atoms with Crippen molar-refractivity contribution in [2.75, 3.05) is 27.2 Å². The second-order valence-electron chi connectivity index (χ2n) is 5.82. The molecule has 0 saturated carbocycles. The molecule has 5 heteroatoms. The second kappa shape index (κ2) is 9.03. The van der Waals surface area contributed by atoms with E-state index in [-0.39, 0.29) is 11.6 Å². The minimum Gasteiger partial charge on any atom is -0.508 e. The lowest BCUT2D eigenvalue weighted by Crippen LogP contribution is -2.17. The molecule has 0 aliphatic rings. The lowest BCUT2D eigenvalue weighted by Gasteiger charge is -2.10. The lowest BCUT2D eigenvalue weighted by atomic mass is 10.0. The second-order valence-corrected chi connectivity index (χ2v) is 5.82. The molecule has 0 atom stereocenters. The molecule has 0 fully saturated rings. The van der Waals surface area contributed by atoms with Crippen LogP contribution in [0.3, 0.4) is 0 Å². The molecule has 0 aliphatic carbocycles. The summed E-state index contributed by atoms with van der Waals surface area (Å²) in [5.41, 5.74) is 2.09. The van der Waals surface area contributed by atoms with Gasteiger partial charge in [0.25, 0.3) is 0 Å².